The van der Waals surface area contributed by atoms with Gasteiger partial charge >= 0.3 is 6.09 Å². The fourth-order valence-electron chi connectivity index (χ4n) is 5.88. The summed E-state index contributed by atoms with van der Waals surface area (Å²) >= 11 is 0. The second kappa shape index (κ2) is 11.8. The molecule has 3 aromatic carbocycles. The summed E-state index contributed by atoms with van der Waals surface area (Å²) in [6.45, 7) is 10.9. The van der Waals surface area contributed by atoms with Gasteiger partial charge in [-0.05, 0) is 83.7 Å². The number of aryl methyl sites for hydroxylation is 2. The molecule has 0 spiro atoms. The molecule has 1 fully saturated rings. The molecular formula is C34H40N4O3. The summed E-state index contributed by atoms with van der Waals surface area (Å²) in [7, 11) is 1.31. The molecule has 1 saturated heterocycles. The van der Waals surface area contributed by atoms with E-state index in [2.05, 4.69) is 85.7 Å². The number of ether oxygens (including phenoxy) is 1. The summed E-state index contributed by atoms with van der Waals surface area (Å²) in [5, 5.41) is 5.07. The number of aromatic nitrogens is 2. The van der Waals surface area contributed by atoms with Crippen LogP contribution < -0.4 is 5.32 Å². The van der Waals surface area contributed by atoms with Gasteiger partial charge in [-0.25, -0.2) is 9.78 Å². The third kappa shape index (κ3) is 5.85. The SMILES string of the molecule is COC(=O)NC(C(=O)N1CCCC(C)C1c1ncc(-c2ccc3cc(-c4ccc(C)c(C)c4)ccc3c2)[nH]1)C(C)C. The molecule has 41 heavy (non-hydrogen) atoms. The van der Waals surface area contributed by atoms with Crippen molar-refractivity contribution in [1.82, 2.24) is 20.2 Å². The number of benzene rings is 3. The molecule has 2 amide bonds. The summed E-state index contributed by atoms with van der Waals surface area (Å²) < 4.78 is 4.78. The number of carbonyl (C=O) groups excluding carboxylic acids is 2. The molecular weight excluding hydrogens is 512 g/mol. The summed E-state index contributed by atoms with van der Waals surface area (Å²) in [5.74, 6) is 0.800. The van der Waals surface area contributed by atoms with E-state index < -0.39 is 12.1 Å². The number of nitrogens with one attached hydrogen (secondary N) is 2. The number of alkyl carbamates (subject to hydrolysis) is 1. The molecule has 214 valence electrons. The summed E-state index contributed by atoms with van der Waals surface area (Å²) in [6, 6.07) is 18.8. The van der Waals surface area contributed by atoms with Gasteiger partial charge in [0, 0.05) is 12.1 Å². The molecule has 1 aliphatic heterocycles. The van der Waals surface area contributed by atoms with E-state index in [4.69, 9.17) is 9.72 Å². The quantitative estimate of drug-likeness (QED) is 0.265. The molecule has 2 heterocycles. The Morgan fingerprint density at radius 1 is 0.976 bits per heavy atom. The van der Waals surface area contributed by atoms with E-state index in [-0.39, 0.29) is 23.8 Å². The van der Waals surface area contributed by atoms with Crippen molar-refractivity contribution in [3.8, 4) is 22.4 Å². The molecule has 1 aliphatic rings. The predicted molar refractivity (Wildman–Crippen MR) is 163 cm³/mol. The maximum absolute atomic E-state index is 13.7. The van der Waals surface area contributed by atoms with E-state index in [9.17, 15) is 9.59 Å². The number of H-pyrrole nitrogens is 1. The monoisotopic (exact) mass is 552 g/mol. The zero-order valence-electron chi connectivity index (χ0n) is 24.8. The Labute approximate surface area is 242 Å². The van der Waals surface area contributed by atoms with Crippen molar-refractivity contribution in [2.24, 2.45) is 11.8 Å². The van der Waals surface area contributed by atoms with Gasteiger partial charge in [-0.15, -0.1) is 0 Å². The van der Waals surface area contributed by atoms with Crippen molar-refractivity contribution in [1.29, 1.82) is 0 Å². The number of amides is 2. The van der Waals surface area contributed by atoms with Crippen LogP contribution in [0.1, 0.15) is 56.6 Å². The number of rotatable bonds is 6. The van der Waals surface area contributed by atoms with Crippen molar-refractivity contribution < 1.29 is 14.3 Å². The van der Waals surface area contributed by atoms with Crippen LogP contribution in [0.25, 0.3) is 33.2 Å². The van der Waals surface area contributed by atoms with Crippen molar-refractivity contribution >= 4 is 22.8 Å². The van der Waals surface area contributed by atoms with Gasteiger partial charge in [0.2, 0.25) is 5.91 Å². The highest BCUT2D eigenvalue weighted by molar-refractivity contribution is 5.90. The lowest BCUT2D eigenvalue weighted by molar-refractivity contribution is -0.140. The van der Waals surface area contributed by atoms with E-state index in [1.54, 1.807) is 0 Å². The first-order valence-electron chi connectivity index (χ1n) is 14.5. The minimum atomic E-state index is -0.668. The predicted octanol–water partition coefficient (Wildman–Crippen LogP) is 7.19. The number of likely N-dealkylation sites (tertiary alicyclic amines) is 1. The largest absolute Gasteiger partial charge is 0.453 e. The number of nitrogens with zero attached hydrogens (tertiary/aromatic N) is 2. The van der Waals surface area contributed by atoms with E-state index in [0.717, 1.165) is 35.3 Å². The van der Waals surface area contributed by atoms with E-state index in [1.165, 1.54) is 34.7 Å². The number of hydrogen-bond acceptors (Lipinski definition) is 4. The zero-order chi connectivity index (χ0) is 29.3. The topological polar surface area (TPSA) is 87.3 Å². The van der Waals surface area contributed by atoms with E-state index in [1.807, 2.05) is 24.9 Å². The molecule has 0 aliphatic carbocycles. The third-order valence-corrected chi connectivity index (χ3v) is 8.47. The summed E-state index contributed by atoms with van der Waals surface area (Å²) in [6.07, 6.45) is 3.17. The molecule has 0 radical (unpaired) electrons. The standard InChI is InChI=1S/C34H40N4O3/c1-20(2)30(37-34(40)41-6)33(39)38-15-7-8-22(4)31(38)32-35-19-29(36-32)28-14-13-26-17-25(11-12-27(26)18-28)24-10-9-21(3)23(5)16-24/h9-14,16-20,22,30-31H,7-8,15H2,1-6H3,(H,35,36)(H,37,40). The number of methoxy groups -OCH3 is 1. The van der Waals surface area contributed by atoms with E-state index in [0.29, 0.717) is 6.54 Å². The smallest absolute Gasteiger partial charge is 0.407 e. The number of piperidine rings is 1. The average Bonchev–Trinajstić information content (AvgIpc) is 3.45. The van der Waals surface area contributed by atoms with Gasteiger partial charge in [-0.1, -0.05) is 63.2 Å². The molecule has 7 nitrogen and oxygen atoms in total. The van der Waals surface area contributed by atoms with Gasteiger partial charge in [0.15, 0.2) is 0 Å². The van der Waals surface area contributed by atoms with Crippen molar-refractivity contribution in [2.45, 2.75) is 59.5 Å². The van der Waals surface area contributed by atoms with Crippen LogP contribution in [0.2, 0.25) is 0 Å². The fraction of sp³-hybridized carbons (Fsp3) is 0.382. The summed E-state index contributed by atoms with van der Waals surface area (Å²) in [5.41, 5.74) is 6.97. The van der Waals surface area contributed by atoms with Crippen LogP contribution >= 0.6 is 0 Å². The number of fused-ring (bicyclic) bond motifs is 1. The molecule has 2 N–H and O–H groups in total. The zero-order valence-corrected chi connectivity index (χ0v) is 24.8. The van der Waals surface area contributed by atoms with Gasteiger partial charge in [0.05, 0.1) is 25.0 Å². The van der Waals surface area contributed by atoms with Crippen molar-refractivity contribution in [2.75, 3.05) is 13.7 Å². The van der Waals surface area contributed by atoms with Crippen molar-refractivity contribution in [3.05, 3.63) is 77.7 Å². The maximum Gasteiger partial charge on any atom is 0.407 e. The molecule has 7 heteroatoms. The Morgan fingerprint density at radius 3 is 2.32 bits per heavy atom. The van der Waals surface area contributed by atoms with Crippen LogP contribution in [0.3, 0.4) is 0 Å². The lowest BCUT2D eigenvalue weighted by atomic mass is 9.88. The van der Waals surface area contributed by atoms with Crippen LogP contribution in [0.5, 0.6) is 0 Å². The van der Waals surface area contributed by atoms with Crippen LogP contribution in [-0.4, -0.2) is 46.6 Å². The molecule has 5 rings (SSSR count). The maximum atomic E-state index is 13.7. The average molecular weight is 553 g/mol. The highest BCUT2D eigenvalue weighted by Gasteiger charge is 2.39. The van der Waals surface area contributed by atoms with Crippen LogP contribution in [0, 0.1) is 25.7 Å². The lowest BCUT2D eigenvalue weighted by Gasteiger charge is -2.41. The first-order chi connectivity index (χ1) is 19.7. The fourth-order valence-corrected chi connectivity index (χ4v) is 5.88. The Hall–Kier alpha value is -4.13. The van der Waals surface area contributed by atoms with Gasteiger partial charge in [0.1, 0.15) is 11.9 Å². The molecule has 3 atom stereocenters. The Bertz CT molecular complexity index is 1570. The van der Waals surface area contributed by atoms with E-state index >= 15 is 0 Å². The molecule has 4 aromatic rings. The van der Waals surface area contributed by atoms with Gasteiger partial charge in [-0.3, -0.25) is 4.79 Å². The van der Waals surface area contributed by atoms with Crippen LogP contribution in [0.15, 0.2) is 60.8 Å². The first kappa shape index (κ1) is 28.4. The minimum absolute atomic E-state index is 0.0835. The second-order valence-electron chi connectivity index (χ2n) is 11.7. The Kier molecular flexibility index (Phi) is 8.15. The lowest BCUT2D eigenvalue weighted by Crippen LogP contribution is -2.54. The van der Waals surface area contributed by atoms with Crippen molar-refractivity contribution in [3.63, 3.8) is 0 Å². The van der Waals surface area contributed by atoms with Gasteiger partial charge in [0.25, 0.3) is 0 Å². The number of carbonyl (C=O) groups is 2. The summed E-state index contributed by atoms with van der Waals surface area (Å²) in [4.78, 5) is 35.9. The number of imidazole rings is 1. The second-order valence-corrected chi connectivity index (χ2v) is 11.7. The Balaban J connectivity index is 1.41. The van der Waals surface area contributed by atoms with Crippen LogP contribution in [0.4, 0.5) is 4.79 Å². The highest BCUT2D eigenvalue weighted by atomic mass is 16.5. The van der Waals surface area contributed by atoms with Gasteiger partial charge < -0.3 is 19.9 Å². The highest BCUT2D eigenvalue weighted by Crippen LogP contribution is 2.36. The Morgan fingerprint density at radius 2 is 1.63 bits per heavy atom. The number of hydrogen-bond donors (Lipinski definition) is 2. The third-order valence-electron chi connectivity index (χ3n) is 8.47. The molecule has 1 aromatic heterocycles. The van der Waals surface area contributed by atoms with Gasteiger partial charge in [-0.2, -0.15) is 0 Å². The molecule has 0 saturated carbocycles. The first-order valence-corrected chi connectivity index (χ1v) is 14.5. The molecule has 0 bridgehead atoms. The molecule has 3 unspecified atom stereocenters. The number of aromatic amines is 1. The normalized spacial score (nSPS) is 18.0. The minimum Gasteiger partial charge on any atom is -0.453 e. The van der Waals surface area contributed by atoms with Crippen LogP contribution in [-0.2, 0) is 9.53 Å².